The number of nitrogens with zero attached hydrogens (tertiary/aromatic N) is 2. The minimum absolute atomic E-state index is 0.0771. The molecule has 1 aromatic heterocycles. The van der Waals surface area contributed by atoms with E-state index >= 15 is 0 Å². The zero-order valence-corrected chi connectivity index (χ0v) is 26.2. The highest BCUT2D eigenvalue weighted by molar-refractivity contribution is 6.03. The largest absolute Gasteiger partial charge is 0.494 e. The van der Waals surface area contributed by atoms with Crippen LogP contribution in [0.15, 0.2) is 97.2 Å². The predicted molar refractivity (Wildman–Crippen MR) is 176 cm³/mol. The molecule has 0 spiro atoms. The maximum absolute atomic E-state index is 13.3. The van der Waals surface area contributed by atoms with Crippen LogP contribution in [0, 0.1) is 0 Å². The summed E-state index contributed by atoms with van der Waals surface area (Å²) in [5.41, 5.74) is 2.31. The molecule has 0 aliphatic carbocycles. The molecule has 0 saturated heterocycles. The van der Waals surface area contributed by atoms with E-state index in [1.165, 1.54) is 37.3 Å². The van der Waals surface area contributed by atoms with Crippen LogP contribution in [0.2, 0.25) is 0 Å². The Hall–Kier alpha value is -5.31. The molecule has 4 aromatic rings. The van der Waals surface area contributed by atoms with Crippen molar-refractivity contribution in [2.75, 3.05) is 18.5 Å². The Morgan fingerprint density at radius 3 is 2.09 bits per heavy atom. The van der Waals surface area contributed by atoms with Gasteiger partial charge in [0.1, 0.15) is 23.0 Å². The fraction of sp³-hybridized carbons (Fsp3) is 0.270. The molecule has 9 nitrogen and oxygen atoms in total. The lowest BCUT2D eigenvalue weighted by atomic mass is 10.1. The molecule has 0 aliphatic rings. The molecule has 0 aliphatic heterocycles. The van der Waals surface area contributed by atoms with Crippen LogP contribution >= 0.6 is 0 Å². The molecule has 0 saturated carbocycles. The third kappa shape index (κ3) is 10.4. The second kappa shape index (κ2) is 17.2. The van der Waals surface area contributed by atoms with Gasteiger partial charge >= 0.3 is 5.97 Å². The monoisotopic (exact) mass is 621 g/mol. The van der Waals surface area contributed by atoms with E-state index in [1.54, 1.807) is 91.0 Å². The van der Waals surface area contributed by atoms with Gasteiger partial charge in [0, 0.05) is 24.0 Å². The SMILES string of the molecule is CCCCCCCOc1ccc(C(=O)Oc2ccc(CN(CC(C)=O)C(=O)c3ccc(NC(=O)c4ccccn4)cc3)cc2)cc1. The Balaban J connectivity index is 1.31. The Morgan fingerprint density at radius 2 is 1.43 bits per heavy atom. The van der Waals surface area contributed by atoms with Crippen molar-refractivity contribution < 1.29 is 28.7 Å². The Labute approximate surface area is 269 Å². The fourth-order valence-electron chi connectivity index (χ4n) is 4.67. The smallest absolute Gasteiger partial charge is 0.343 e. The number of aromatic nitrogens is 1. The molecule has 1 heterocycles. The lowest BCUT2D eigenvalue weighted by Gasteiger charge is -2.22. The minimum atomic E-state index is -0.494. The Bertz CT molecular complexity index is 1590. The van der Waals surface area contributed by atoms with Gasteiger partial charge in [0.15, 0.2) is 0 Å². The van der Waals surface area contributed by atoms with Crippen LogP contribution in [0.4, 0.5) is 5.69 Å². The van der Waals surface area contributed by atoms with Crippen LogP contribution in [0.25, 0.3) is 0 Å². The van der Waals surface area contributed by atoms with Gasteiger partial charge < -0.3 is 19.7 Å². The topological polar surface area (TPSA) is 115 Å². The first-order valence-electron chi connectivity index (χ1n) is 15.5. The number of ether oxygens (including phenoxy) is 2. The molecule has 9 heteroatoms. The first-order chi connectivity index (χ1) is 22.3. The van der Waals surface area contributed by atoms with Crippen molar-refractivity contribution in [3.8, 4) is 11.5 Å². The van der Waals surface area contributed by atoms with Crippen LogP contribution in [0.3, 0.4) is 0 Å². The van der Waals surface area contributed by atoms with Gasteiger partial charge in [-0.1, -0.05) is 50.8 Å². The molecule has 4 rings (SSSR count). The maximum atomic E-state index is 13.3. The lowest BCUT2D eigenvalue weighted by molar-refractivity contribution is -0.117. The number of carbonyl (C=O) groups is 4. The van der Waals surface area contributed by atoms with E-state index in [0.717, 1.165) is 18.4 Å². The number of anilines is 1. The normalized spacial score (nSPS) is 10.6. The molecule has 0 unspecified atom stereocenters. The van der Waals surface area contributed by atoms with E-state index in [4.69, 9.17) is 9.47 Å². The number of unbranched alkanes of at least 4 members (excludes halogenated alkanes) is 4. The number of amides is 2. The van der Waals surface area contributed by atoms with Crippen molar-refractivity contribution >= 4 is 29.3 Å². The standard InChI is InChI=1S/C37H39N3O6/c1-3-4-5-6-9-24-45-32-21-15-30(16-22-32)37(44)46-33-19-11-28(12-20-33)26-40(25-27(2)41)36(43)29-13-17-31(18-14-29)39-35(42)34-10-7-8-23-38-34/h7-8,10-23H,3-6,9,24-26H2,1-2H3,(H,39,42). The van der Waals surface area contributed by atoms with E-state index in [-0.39, 0.29) is 36.4 Å². The molecule has 46 heavy (non-hydrogen) atoms. The van der Waals surface area contributed by atoms with Gasteiger partial charge in [-0.15, -0.1) is 0 Å². The second-order valence-corrected chi connectivity index (χ2v) is 10.9. The predicted octanol–water partition coefficient (Wildman–Crippen LogP) is 7.13. The molecule has 1 N–H and O–H groups in total. The zero-order chi connectivity index (χ0) is 32.7. The quantitative estimate of drug-likeness (QED) is 0.0804. The zero-order valence-electron chi connectivity index (χ0n) is 26.2. The molecule has 2 amide bonds. The second-order valence-electron chi connectivity index (χ2n) is 10.9. The number of rotatable bonds is 16. The molecule has 0 atom stereocenters. The molecule has 0 radical (unpaired) electrons. The molecule has 238 valence electrons. The molecule has 0 bridgehead atoms. The highest BCUT2D eigenvalue weighted by atomic mass is 16.5. The Morgan fingerprint density at radius 1 is 0.761 bits per heavy atom. The van der Waals surface area contributed by atoms with E-state index in [2.05, 4.69) is 17.2 Å². The number of carbonyl (C=O) groups excluding carboxylic acids is 4. The van der Waals surface area contributed by atoms with E-state index in [9.17, 15) is 19.2 Å². The van der Waals surface area contributed by atoms with Gasteiger partial charge in [-0.05, 0) is 91.7 Å². The third-order valence-corrected chi connectivity index (χ3v) is 7.10. The van der Waals surface area contributed by atoms with Gasteiger partial charge in [0.2, 0.25) is 0 Å². The molecular weight excluding hydrogens is 582 g/mol. The van der Waals surface area contributed by atoms with E-state index < -0.39 is 5.97 Å². The Kier molecular flexibility index (Phi) is 12.6. The first-order valence-corrected chi connectivity index (χ1v) is 15.5. The van der Waals surface area contributed by atoms with Crippen LogP contribution in [-0.4, -0.2) is 46.6 Å². The number of ketones is 1. The third-order valence-electron chi connectivity index (χ3n) is 7.10. The van der Waals surface area contributed by atoms with Crippen molar-refractivity contribution in [1.29, 1.82) is 0 Å². The summed E-state index contributed by atoms with van der Waals surface area (Å²) in [6, 6.07) is 25.2. The highest BCUT2D eigenvalue weighted by Gasteiger charge is 2.19. The number of benzene rings is 3. The molecular formula is C37H39N3O6. The summed E-state index contributed by atoms with van der Waals surface area (Å²) >= 11 is 0. The summed E-state index contributed by atoms with van der Waals surface area (Å²) in [6.45, 7) is 4.35. The van der Waals surface area contributed by atoms with Crippen LogP contribution in [0.1, 0.15) is 82.7 Å². The molecule has 0 fully saturated rings. The van der Waals surface area contributed by atoms with Crippen LogP contribution in [-0.2, 0) is 11.3 Å². The summed E-state index contributed by atoms with van der Waals surface area (Å²) in [5.74, 6) is -0.290. The fourth-order valence-corrected chi connectivity index (χ4v) is 4.67. The van der Waals surface area contributed by atoms with E-state index in [0.29, 0.717) is 34.9 Å². The summed E-state index contributed by atoms with van der Waals surface area (Å²) in [7, 11) is 0. The van der Waals surface area contributed by atoms with E-state index in [1.807, 2.05) is 0 Å². The number of pyridine rings is 1. The van der Waals surface area contributed by atoms with Crippen molar-refractivity contribution in [2.45, 2.75) is 52.5 Å². The van der Waals surface area contributed by atoms with Gasteiger partial charge in [-0.25, -0.2) is 4.79 Å². The first kappa shape index (κ1) is 33.6. The minimum Gasteiger partial charge on any atom is -0.494 e. The number of hydrogen-bond donors (Lipinski definition) is 1. The van der Waals surface area contributed by atoms with Crippen molar-refractivity contribution in [3.63, 3.8) is 0 Å². The van der Waals surface area contributed by atoms with Crippen LogP contribution < -0.4 is 14.8 Å². The maximum Gasteiger partial charge on any atom is 0.343 e. The number of nitrogens with one attached hydrogen (secondary N) is 1. The number of esters is 1. The van der Waals surface area contributed by atoms with Gasteiger partial charge in [-0.3, -0.25) is 19.4 Å². The van der Waals surface area contributed by atoms with Gasteiger partial charge in [0.25, 0.3) is 11.8 Å². The summed E-state index contributed by atoms with van der Waals surface area (Å²) < 4.78 is 11.3. The van der Waals surface area contributed by atoms with Crippen molar-refractivity contribution in [3.05, 3.63) is 120 Å². The lowest BCUT2D eigenvalue weighted by Crippen LogP contribution is -2.34. The van der Waals surface area contributed by atoms with Crippen LogP contribution in [0.5, 0.6) is 11.5 Å². The van der Waals surface area contributed by atoms with Gasteiger partial charge in [0.05, 0.1) is 18.7 Å². The summed E-state index contributed by atoms with van der Waals surface area (Å²) in [4.78, 5) is 55.9. The number of hydrogen-bond acceptors (Lipinski definition) is 7. The summed E-state index contributed by atoms with van der Waals surface area (Å²) in [6.07, 6.45) is 7.35. The highest BCUT2D eigenvalue weighted by Crippen LogP contribution is 2.19. The van der Waals surface area contributed by atoms with Crippen molar-refractivity contribution in [1.82, 2.24) is 9.88 Å². The van der Waals surface area contributed by atoms with Crippen molar-refractivity contribution in [2.24, 2.45) is 0 Å². The average molecular weight is 622 g/mol. The average Bonchev–Trinajstić information content (AvgIpc) is 3.07. The number of Topliss-reactive ketones (excluding diaryl/α,β-unsaturated/α-hetero) is 1. The van der Waals surface area contributed by atoms with Gasteiger partial charge in [-0.2, -0.15) is 0 Å². The summed E-state index contributed by atoms with van der Waals surface area (Å²) in [5, 5.41) is 2.75. The molecule has 3 aromatic carbocycles.